The largest absolute Gasteiger partial charge is 0.480 e. The number of carbonyl (C=O) groups excluding carboxylic acids is 3. The molecule has 0 radical (unpaired) electrons. The van der Waals surface area contributed by atoms with Crippen LogP contribution in [0.2, 0.25) is 0 Å². The lowest BCUT2D eigenvalue weighted by atomic mass is 10.1. The van der Waals surface area contributed by atoms with Crippen LogP contribution >= 0.6 is 0 Å². The average molecular weight is 330 g/mol. The number of imide groups is 1. The van der Waals surface area contributed by atoms with E-state index in [1.807, 2.05) is 0 Å². The van der Waals surface area contributed by atoms with Crippen LogP contribution in [0.5, 0.6) is 0 Å². The van der Waals surface area contributed by atoms with Crippen molar-refractivity contribution in [3.8, 4) is 0 Å². The van der Waals surface area contributed by atoms with Crippen LogP contribution in [0.4, 0.5) is 4.79 Å². The van der Waals surface area contributed by atoms with Crippen LogP contribution in [0.1, 0.15) is 20.7 Å². The zero-order chi connectivity index (χ0) is 17.3. The van der Waals surface area contributed by atoms with E-state index in [1.165, 1.54) is 24.5 Å². The molecule has 0 bridgehead atoms. The second-order valence-corrected chi connectivity index (χ2v) is 4.70. The Bertz CT molecular complexity index is 797. The van der Waals surface area contributed by atoms with Gasteiger partial charge in [0.2, 0.25) is 0 Å². The Kier molecular flexibility index (Phi) is 3.70. The SMILES string of the molecule is O=C(O)CN(C(=O)On1ccnc1)N1C(=O)c2ccccc2C1=O. The molecule has 24 heavy (non-hydrogen) atoms. The minimum atomic E-state index is -1.42. The van der Waals surface area contributed by atoms with Crippen molar-refractivity contribution in [3.05, 3.63) is 54.1 Å². The van der Waals surface area contributed by atoms with Gasteiger partial charge in [-0.25, -0.2) is 9.78 Å². The molecular formula is C14H10N4O6. The number of hydrogen-bond donors (Lipinski definition) is 1. The van der Waals surface area contributed by atoms with E-state index in [-0.39, 0.29) is 11.1 Å². The lowest BCUT2D eigenvalue weighted by molar-refractivity contribution is -0.140. The first kappa shape index (κ1) is 15.2. The Labute approximate surface area is 134 Å². The Morgan fingerprint density at radius 1 is 1.17 bits per heavy atom. The molecule has 0 spiro atoms. The van der Waals surface area contributed by atoms with Gasteiger partial charge >= 0.3 is 12.1 Å². The molecule has 1 aliphatic rings. The molecule has 1 aliphatic heterocycles. The number of imidazole rings is 1. The van der Waals surface area contributed by atoms with Crippen LogP contribution in [0, 0.1) is 0 Å². The second-order valence-electron chi connectivity index (χ2n) is 4.70. The summed E-state index contributed by atoms with van der Waals surface area (Å²) in [6, 6.07) is 5.93. The molecule has 2 heterocycles. The van der Waals surface area contributed by atoms with Crippen LogP contribution in [0.3, 0.4) is 0 Å². The fourth-order valence-electron chi connectivity index (χ4n) is 2.18. The Hall–Kier alpha value is -3.69. The van der Waals surface area contributed by atoms with Gasteiger partial charge in [0, 0.05) is 6.20 Å². The number of aromatic nitrogens is 2. The third-order valence-electron chi connectivity index (χ3n) is 3.17. The van der Waals surface area contributed by atoms with E-state index in [4.69, 9.17) is 9.94 Å². The number of amides is 3. The topological polar surface area (TPSA) is 122 Å². The molecule has 1 N–H and O–H groups in total. The van der Waals surface area contributed by atoms with Gasteiger partial charge in [-0.15, -0.1) is 0 Å². The van der Waals surface area contributed by atoms with Crippen molar-refractivity contribution in [2.45, 2.75) is 0 Å². The van der Waals surface area contributed by atoms with Crippen molar-refractivity contribution in [1.82, 2.24) is 19.7 Å². The quantitative estimate of drug-likeness (QED) is 0.785. The molecule has 2 aromatic rings. The Morgan fingerprint density at radius 3 is 2.29 bits per heavy atom. The monoisotopic (exact) mass is 330 g/mol. The third kappa shape index (κ3) is 2.56. The first-order chi connectivity index (χ1) is 11.5. The van der Waals surface area contributed by atoms with Gasteiger partial charge in [-0.1, -0.05) is 12.1 Å². The van der Waals surface area contributed by atoms with E-state index >= 15 is 0 Å². The molecule has 0 unspecified atom stereocenters. The van der Waals surface area contributed by atoms with Gasteiger partial charge in [0.05, 0.1) is 17.3 Å². The molecule has 3 rings (SSSR count). The van der Waals surface area contributed by atoms with Crippen molar-refractivity contribution in [2.75, 3.05) is 6.54 Å². The lowest BCUT2D eigenvalue weighted by Gasteiger charge is -2.27. The third-order valence-corrected chi connectivity index (χ3v) is 3.17. The molecule has 0 fully saturated rings. The predicted octanol–water partition coefficient (Wildman–Crippen LogP) is 0.0295. The summed E-state index contributed by atoms with van der Waals surface area (Å²) >= 11 is 0. The number of nitrogens with zero attached hydrogens (tertiary/aromatic N) is 4. The van der Waals surface area contributed by atoms with Crippen LogP contribution in [0.25, 0.3) is 0 Å². The number of aliphatic carboxylic acids is 1. The molecule has 0 saturated heterocycles. The van der Waals surface area contributed by atoms with Crippen molar-refractivity contribution < 1.29 is 29.1 Å². The lowest BCUT2D eigenvalue weighted by Crippen LogP contribution is -2.53. The maximum atomic E-state index is 12.4. The van der Waals surface area contributed by atoms with Crippen LogP contribution in [-0.2, 0) is 4.79 Å². The maximum Gasteiger partial charge on any atom is 0.454 e. The highest BCUT2D eigenvalue weighted by molar-refractivity contribution is 6.21. The van der Waals surface area contributed by atoms with E-state index < -0.39 is 30.4 Å². The maximum absolute atomic E-state index is 12.4. The van der Waals surface area contributed by atoms with Gasteiger partial charge in [-0.2, -0.15) is 14.7 Å². The molecule has 0 aliphatic carbocycles. The van der Waals surface area contributed by atoms with Gasteiger partial charge in [0.15, 0.2) is 0 Å². The van der Waals surface area contributed by atoms with E-state index in [0.29, 0.717) is 10.0 Å². The molecule has 122 valence electrons. The van der Waals surface area contributed by atoms with Gasteiger partial charge < -0.3 is 9.94 Å². The smallest absolute Gasteiger partial charge is 0.454 e. The van der Waals surface area contributed by atoms with Crippen molar-refractivity contribution >= 4 is 23.9 Å². The highest BCUT2D eigenvalue weighted by Crippen LogP contribution is 2.24. The summed E-state index contributed by atoms with van der Waals surface area (Å²) in [6.07, 6.45) is 2.56. The fraction of sp³-hybridized carbons (Fsp3) is 0.0714. The molecule has 0 saturated carbocycles. The first-order valence-corrected chi connectivity index (χ1v) is 6.66. The highest BCUT2D eigenvalue weighted by Gasteiger charge is 2.42. The molecular weight excluding hydrogens is 320 g/mol. The molecule has 3 amide bonds. The summed E-state index contributed by atoms with van der Waals surface area (Å²) in [7, 11) is 0. The number of fused-ring (bicyclic) bond motifs is 1. The Morgan fingerprint density at radius 2 is 1.79 bits per heavy atom. The van der Waals surface area contributed by atoms with Crippen LogP contribution < -0.4 is 4.84 Å². The van der Waals surface area contributed by atoms with E-state index in [0.717, 1.165) is 11.1 Å². The minimum Gasteiger partial charge on any atom is -0.480 e. The number of carbonyl (C=O) groups is 4. The summed E-state index contributed by atoms with van der Waals surface area (Å²) in [6.45, 7) is -0.932. The van der Waals surface area contributed by atoms with Gasteiger partial charge in [0.25, 0.3) is 11.8 Å². The average Bonchev–Trinajstić information content (AvgIpc) is 3.14. The number of hydrogen-bond acceptors (Lipinski definition) is 6. The number of rotatable bonds is 4. The van der Waals surface area contributed by atoms with E-state index in [2.05, 4.69) is 4.98 Å². The summed E-state index contributed by atoms with van der Waals surface area (Å²) < 4.78 is 0.912. The van der Waals surface area contributed by atoms with Gasteiger partial charge in [-0.3, -0.25) is 14.4 Å². The zero-order valence-corrected chi connectivity index (χ0v) is 12.0. The molecule has 10 nitrogen and oxygen atoms in total. The number of benzene rings is 1. The fourth-order valence-corrected chi connectivity index (χ4v) is 2.18. The van der Waals surface area contributed by atoms with E-state index in [9.17, 15) is 19.2 Å². The standard InChI is InChI=1S/C14H10N4O6/c19-11(20)7-17(14(23)24-16-6-5-15-8-16)18-12(21)9-3-1-2-4-10(9)13(18)22/h1-6,8H,7H2,(H,19,20). The van der Waals surface area contributed by atoms with Crippen molar-refractivity contribution in [1.29, 1.82) is 0 Å². The zero-order valence-electron chi connectivity index (χ0n) is 12.0. The van der Waals surface area contributed by atoms with Gasteiger partial charge in [-0.05, 0) is 12.1 Å². The number of hydrazine groups is 1. The second kappa shape index (κ2) is 5.83. The van der Waals surface area contributed by atoms with Crippen molar-refractivity contribution in [2.24, 2.45) is 0 Å². The van der Waals surface area contributed by atoms with Gasteiger partial charge in [0.1, 0.15) is 12.9 Å². The number of carboxylic acids is 1. The normalized spacial score (nSPS) is 12.9. The molecule has 0 atom stereocenters. The highest BCUT2D eigenvalue weighted by atomic mass is 16.7. The predicted molar refractivity (Wildman–Crippen MR) is 75.5 cm³/mol. The Balaban J connectivity index is 1.92. The summed E-state index contributed by atoms with van der Waals surface area (Å²) in [5, 5.41) is 9.87. The number of carboxylic acid groups (broad SMARTS) is 1. The first-order valence-electron chi connectivity index (χ1n) is 6.66. The minimum absolute atomic E-state index is 0.0771. The summed E-state index contributed by atoms with van der Waals surface area (Å²) in [5.41, 5.74) is 0.154. The summed E-state index contributed by atoms with van der Waals surface area (Å²) in [4.78, 5) is 56.5. The molecule has 10 heteroatoms. The van der Waals surface area contributed by atoms with E-state index in [1.54, 1.807) is 12.1 Å². The summed E-state index contributed by atoms with van der Waals surface area (Å²) in [5.74, 6) is -3.03. The van der Waals surface area contributed by atoms with Crippen LogP contribution in [0.15, 0.2) is 43.0 Å². The molecule has 1 aromatic carbocycles. The van der Waals surface area contributed by atoms with Crippen molar-refractivity contribution in [3.63, 3.8) is 0 Å². The molecule has 1 aromatic heterocycles. The van der Waals surface area contributed by atoms with Crippen LogP contribution in [-0.4, -0.2) is 55.3 Å².